The second-order valence-corrected chi connectivity index (χ2v) is 7.30. The van der Waals surface area contributed by atoms with Crippen LogP contribution < -0.4 is 15.5 Å². The summed E-state index contributed by atoms with van der Waals surface area (Å²) in [5, 5.41) is 6.59. The molecule has 1 aliphatic heterocycles. The van der Waals surface area contributed by atoms with Crippen LogP contribution in [-0.2, 0) is 11.2 Å². The minimum atomic E-state index is -0.00365. The van der Waals surface area contributed by atoms with Gasteiger partial charge in [-0.1, -0.05) is 0 Å². The lowest BCUT2D eigenvalue weighted by Crippen LogP contribution is -2.45. The van der Waals surface area contributed by atoms with Gasteiger partial charge in [0.2, 0.25) is 17.8 Å². The molecule has 1 saturated heterocycles. The Balaban J connectivity index is 1.68. The summed E-state index contributed by atoms with van der Waals surface area (Å²) in [5.74, 6) is 1.82. The second-order valence-electron chi connectivity index (χ2n) is 6.18. The maximum atomic E-state index is 11.7. The van der Waals surface area contributed by atoms with Crippen molar-refractivity contribution in [3.8, 4) is 0 Å². The predicted molar refractivity (Wildman–Crippen MR) is 102 cm³/mol. The monoisotopic (exact) mass is 376 g/mol. The van der Waals surface area contributed by atoms with Crippen LogP contribution in [0.15, 0.2) is 6.20 Å². The molecule has 0 aromatic carbocycles. The lowest BCUT2D eigenvalue weighted by Gasteiger charge is -2.32. The molecule has 1 amide bonds. The van der Waals surface area contributed by atoms with E-state index in [1.54, 1.807) is 6.20 Å². The fraction of sp³-hybridized carbons (Fsp3) is 0.562. The zero-order valence-electron chi connectivity index (χ0n) is 15.3. The second kappa shape index (κ2) is 8.37. The van der Waals surface area contributed by atoms with E-state index >= 15 is 0 Å². The van der Waals surface area contributed by atoms with Crippen LogP contribution in [0.1, 0.15) is 17.6 Å². The van der Waals surface area contributed by atoms with E-state index in [9.17, 15) is 4.79 Å². The van der Waals surface area contributed by atoms with E-state index in [-0.39, 0.29) is 5.91 Å². The number of anilines is 3. The first-order valence-corrected chi connectivity index (χ1v) is 9.49. The first kappa shape index (κ1) is 18.5. The molecule has 3 rings (SSSR count). The summed E-state index contributed by atoms with van der Waals surface area (Å²) < 4.78 is 0. The van der Waals surface area contributed by atoms with Crippen molar-refractivity contribution in [1.29, 1.82) is 0 Å². The van der Waals surface area contributed by atoms with Gasteiger partial charge in [0.05, 0.1) is 6.42 Å². The van der Waals surface area contributed by atoms with Crippen LogP contribution in [0, 0.1) is 6.92 Å². The third kappa shape index (κ3) is 4.85. The van der Waals surface area contributed by atoms with Gasteiger partial charge >= 0.3 is 0 Å². The number of carbonyl (C=O) groups is 1. The smallest absolute Gasteiger partial charge is 0.234 e. The van der Waals surface area contributed by atoms with E-state index in [0.29, 0.717) is 35.8 Å². The molecule has 1 aliphatic rings. The van der Waals surface area contributed by atoms with E-state index in [0.717, 1.165) is 31.1 Å². The molecule has 2 N–H and O–H groups in total. The number of piperazine rings is 1. The van der Waals surface area contributed by atoms with Crippen LogP contribution in [0.5, 0.6) is 0 Å². The highest BCUT2D eigenvalue weighted by Gasteiger charge is 2.18. The average Bonchev–Trinajstić information content (AvgIpc) is 3.02. The Kier molecular flexibility index (Phi) is 5.94. The Morgan fingerprint density at radius 2 is 2.00 bits per heavy atom. The quantitative estimate of drug-likeness (QED) is 0.764. The maximum Gasteiger partial charge on any atom is 0.234 e. The Hall–Kier alpha value is -2.33. The summed E-state index contributed by atoms with van der Waals surface area (Å²) in [6, 6.07) is 0. The van der Waals surface area contributed by atoms with Gasteiger partial charge in [0.15, 0.2) is 5.13 Å². The zero-order valence-corrected chi connectivity index (χ0v) is 16.1. The van der Waals surface area contributed by atoms with Crippen molar-refractivity contribution < 1.29 is 4.79 Å². The molecule has 0 unspecified atom stereocenters. The number of aromatic nitrogens is 4. The number of nitrogens with zero attached hydrogens (tertiary/aromatic N) is 6. The lowest BCUT2D eigenvalue weighted by molar-refractivity contribution is -0.120. The Morgan fingerprint density at radius 3 is 2.73 bits per heavy atom. The van der Waals surface area contributed by atoms with E-state index < -0.39 is 0 Å². The zero-order chi connectivity index (χ0) is 18.5. The molecular weight excluding hydrogens is 352 g/mol. The number of likely N-dealkylation sites (N-methyl/N-ethyl adjacent to an activating group) is 2. The van der Waals surface area contributed by atoms with Gasteiger partial charge in [0, 0.05) is 43.8 Å². The van der Waals surface area contributed by atoms with Crippen LogP contribution in [-0.4, -0.2) is 70.5 Å². The van der Waals surface area contributed by atoms with E-state index in [4.69, 9.17) is 0 Å². The van der Waals surface area contributed by atoms with Crippen molar-refractivity contribution >= 4 is 34.3 Å². The summed E-state index contributed by atoms with van der Waals surface area (Å²) in [5.41, 5.74) is 0. The molecule has 0 atom stereocenters. The van der Waals surface area contributed by atoms with Gasteiger partial charge in [-0.05, 0) is 20.9 Å². The minimum Gasteiger partial charge on any atom is -0.356 e. The highest BCUT2D eigenvalue weighted by Crippen LogP contribution is 2.22. The predicted octanol–water partition coefficient (Wildman–Crippen LogP) is 0.811. The Bertz CT molecular complexity index is 756. The van der Waals surface area contributed by atoms with Crippen molar-refractivity contribution in [2.45, 2.75) is 20.3 Å². The van der Waals surface area contributed by atoms with Crippen molar-refractivity contribution in [2.24, 2.45) is 0 Å². The summed E-state index contributed by atoms with van der Waals surface area (Å²) >= 11 is 1.43. The van der Waals surface area contributed by atoms with Crippen LogP contribution in [0.2, 0.25) is 0 Å². The number of hydrogen-bond donors (Lipinski definition) is 2. The van der Waals surface area contributed by atoms with Gasteiger partial charge < -0.3 is 15.1 Å². The number of aryl methyl sites for hydroxylation is 1. The summed E-state index contributed by atoms with van der Waals surface area (Å²) in [4.78, 5) is 34.7. The van der Waals surface area contributed by atoms with Gasteiger partial charge in [0.25, 0.3) is 0 Å². The van der Waals surface area contributed by atoms with Gasteiger partial charge in [-0.15, -0.1) is 11.3 Å². The number of amides is 1. The largest absolute Gasteiger partial charge is 0.356 e. The SMILES string of the molecule is CCNC(=O)Cc1cnc(Nc2nc(C)nc(N3CCN(C)CC3)n2)s1. The Morgan fingerprint density at radius 1 is 1.23 bits per heavy atom. The van der Waals surface area contributed by atoms with Gasteiger partial charge in [0.1, 0.15) is 5.82 Å². The number of carbonyl (C=O) groups excluding carboxylic acids is 1. The van der Waals surface area contributed by atoms with Gasteiger partial charge in [-0.2, -0.15) is 15.0 Å². The van der Waals surface area contributed by atoms with Crippen LogP contribution >= 0.6 is 11.3 Å². The lowest BCUT2D eigenvalue weighted by atomic mass is 10.3. The molecule has 26 heavy (non-hydrogen) atoms. The number of nitrogens with one attached hydrogen (secondary N) is 2. The molecule has 0 saturated carbocycles. The fourth-order valence-electron chi connectivity index (χ4n) is 2.63. The Labute approximate surface area is 156 Å². The normalized spacial score (nSPS) is 15.1. The van der Waals surface area contributed by atoms with Crippen LogP contribution in [0.4, 0.5) is 17.0 Å². The molecule has 140 valence electrons. The molecule has 0 radical (unpaired) electrons. The number of thiazole rings is 1. The minimum absolute atomic E-state index is 0.00365. The third-order valence-electron chi connectivity index (χ3n) is 4.00. The van der Waals surface area contributed by atoms with Crippen LogP contribution in [0.3, 0.4) is 0 Å². The van der Waals surface area contributed by atoms with Gasteiger partial charge in [-0.25, -0.2) is 4.98 Å². The van der Waals surface area contributed by atoms with E-state index in [1.807, 2.05) is 13.8 Å². The molecule has 3 heterocycles. The standard InChI is InChI=1S/C16H24N8OS/c1-4-17-13(25)9-12-10-18-16(26-12)22-14-19-11(2)20-15(21-14)24-7-5-23(3)6-8-24/h10H,4-9H2,1-3H3,(H,17,25)(H,18,19,20,21,22). The van der Waals surface area contributed by atoms with Crippen molar-refractivity contribution in [2.75, 3.05) is 50.0 Å². The maximum absolute atomic E-state index is 11.7. The molecule has 10 heteroatoms. The van der Waals surface area contributed by atoms with Crippen molar-refractivity contribution in [1.82, 2.24) is 30.2 Å². The molecule has 1 fully saturated rings. The van der Waals surface area contributed by atoms with Crippen LogP contribution in [0.25, 0.3) is 0 Å². The first-order chi connectivity index (χ1) is 12.5. The van der Waals surface area contributed by atoms with Crippen molar-refractivity contribution in [3.63, 3.8) is 0 Å². The van der Waals surface area contributed by atoms with Gasteiger partial charge in [-0.3, -0.25) is 10.1 Å². The van der Waals surface area contributed by atoms with Crippen molar-refractivity contribution in [3.05, 3.63) is 16.9 Å². The number of hydrogen-bond acceptors (Lipinski definition) is 9. The summed E-state index contributed by atoms with van der Waals surface area (Å²) in [6.45, 7) is 8.16. The topological polar surface area (TPSA) is 99.2 Å². The third-order valence-corrected chi connectivity index (χ3v) is 4.92. The summed E-state index contributed by atoms with van der Waals surface area (Å²) in [7, 11) is 2.11. The first-order valence-electron chi connectivity index (χ1n) is 8.68. The molecule has 2 aromatic rings. The molecule has 0 spiro atoms. The highest BCUT2D eigenvalue weighted by molar-refractivity contribution is 7.15. The molecule has 0 bridgehead atoms. The molecule has 2 aromatic heterocycles. The summed E-state index contributed by atoms with van der Waals surface area (Å²) in [6.07, 6.45) is 2.04. The van der Waals surface area contributed by atoms with E-state index in [2.05, 4.69) is 47.4 Å². The van der Waals surface area contributed by atoms with E-state index in [1.165, 1.54) is 11.3 Å². The molecular formula is C16H24N8OS. The molecule has 0 aliphatic carbocycles. The average molecular weight is 376 g/mol. The molecule has 9 nitrogen and oxygen atoms in total. The highest BCUT2D eigenvalue weighted by atomic mass is 32.1. The fourth-order valence-corrected chi connectivity index (χ4v) is 3.44. The number of rotatable bonds is 6.